The van der Waals surface area contributed by atoms with Gasteiger partial charge in [0.1, 0.15) is 5.75 Å². The first-order chi connectivity index (χ1) is 8.86. The summed E-state index contributed by atoms with van der Waals surface area (Å²) in [6.45, 7) is 2.00. The molecule has 2 nitrogen and oxygen atoms in total. The first-order valence-electron chi connectivity index (χ1n) is 7.19. The van der Waals surface area contributed by atoms with E-state index in [9.17, 15) is 0 Å². The average molecular weight is 250 g/mol. The lowest BCUT2D eigenvalue weighted by atomic mass is 10.0. The van der Waals surface area contributed by atoms with Crippen LogP contribution in [0.5, 0.6) is 5.75 Å². The minimum Gasteiger partial charge on any atom is -0.468 e. The zero-order valence-electron chi connectivity index (χ0n) is 11.5. The van der Waals surface area contributed by atoms with Crippen molar-refractivity contribution < 1.29 is 9.84 Å². The van der Waals surface area contributed by atoms with E-state index in [1.807, 2.05) is 12.1 Å². The van der Waals surface area contributed by atoms with Crippen molar-refractivity contribution in [2.75, 3.05) is 6.79 Å². The molecule has 0 aliphatic heterocycles. The topological polar surface area (TPSA) is 29.5 Å². The number of unbranched alkanes of at least 4 members (excludes halogenated alkanes) is 6. The van der Waals surface area contributed by atoms with E-state index < -0.39 is 0 Å². The van der Waals surface area contributed by atoms with Crippen LogP contribution >= 0.6 is 0 Å². The monoisotopic (exact) mass is 250 g/mol. The lowest BCUT2D eigenvalue weighted by Gasteiger charge is -2.05. The van der Waals surface area contributed by atoms with Crippen molar-refractivity contribution in [3.63, 3.8) is 0 Å². The smallest absolute Gasteiger partial charge is 0.186 e. The number of aryl methyl sites for hydroxylation is 1. The second-order valence-corrected chi connectivity index (χ2v) is 4.79. The molecule has 1 rings (SSSR count). The highest BCUT2D eigenvalue weighted by molar-refractivity contribution is 5.27. The predicted molar refractivity (Wildman–Crippen MR) is 75.9 cm³/mol. The third-order valence-electron chi connectivity index (χ3n) is 3.22. The highest BCUT2D eigenvalue weighted by Gasteiger charge is 1.96. The van der Waals surface area contributed by atoms with Crippen LogP contribution in [0.2, 0.25) is 0 Å². The maximum absolute atomic E-state index is 8.63. The van der Waals surface area contributed by atoms with E-state index in [1.165, 1.54) is 50.5 Å². The second-order valence-electron chi connectivity index (χ2n) is 4.79. The summed E-state index contributed by atoms with van der Waals surface area (Å²) in [5.74, 6) is 0.737. The fourth-order valence-corrected chi connectivity index (χ4v) is 2.11. The zero-order chi connectivity index (χ0) is 13.1. The van der Waals surface area contributed by atoms with Crippen LogP contribution in [0, 0.1) is 0 Å². The van der Waals surface area contributed by atoms with Crippen molar-refractivity contribution in [3.05, 3.63) is 29.8 Å². The summed E-state index contributed by atoms with van der Waals surface area (Å²) in [4.78, 5) is 0. The number of aliphatic hydroxyl groups excluding tert-OH is 1. The van der Waals surface area contributed by atoms with Crippen molar-refractivity contribution >= 4 is 0 Å². The van der Waals surface area contributed by atoms with Crippen molar-refractivity contribution in [2.24, 2.45) is 0 Å². The van der Waals surface area contributed by atoms with E-state index in [0.717, 1.165) is 12.2 Å². The Bertz CT molecular complexity index is 292. The minimum absolute atomic E-state index is 0.253. The molecule has 0 aliphatic carbocycles. The normalized spacial score (nSPS) is 10.6. The molecule has 0 aliphatic rings. The highest BCUT2D eigenvalue weighted by Crippen LogP contribution is 2.15. The Morgan fingerprint density at radius 1 is 0.889 bits per heavy atom. The Morgan fingerprint density at radius 2 is 1.50 bits per heavy atom. The molecule has 0 aromatic heterocycles. The van der Waals surface area contributed by atoms with Gasteiger partial charge in [0.15, 0.2) is 6.79 Å². The van der Waals surface area contributed by atoms with E-state index in [2.05, 4.69) is 19.1 Å². The predicted octanol–water partition coefficient (Wildman–Crippen LogP) is 4.31. The Hall–Kier alpha value is -1.02. The van der Waals surface area contributed by atoms with Gasteiger partial charge in [-0.3, -0.25) is 0 Å². The SMILES string of the molecule is CCCCCCCCCc1ccc(OCO)cc1. The fraction of sp³-hybridized carbons (Fsp3) is 0.625. The first-order valence-corrected chi connectivity index (χ1v) is 7.19. The van der Waals surface area contributed by atoms with E-state index in [0.29, 0.717) is 0 Å². The van der Waals surface area contributed by atoms with E-state index in [4.69, 9.17) is 9.84 Å². The average Bonchev–Trinajstić information content (AvgIpc) is 2.40. The summed E-state index contributed by atoms with van der Waals surface area (Å²) in [6, 6.07) is 8.02. The summed E-state index contributed by atoms with van der Waals surface area (Å²) in [5, 5.41) is 8.63. The molecule has 0 saturated heterocycles. The molecule has 18 heavy (non-hydrogen) atoms. The van der Waals surface area contributed by atoms with Crippen LogP contribution in [0.25, 0.3) is 0 Å². The molecule has 0 spiro atoms. The van der Waals surface area contributed by atoms with Gasteiger partial charge < -0.3 is 9.84 Å². The first kappa shape index (κ1) is 15.0. The number of ether oxygens (including phenoxy) is 1. The molecule has 0 amide bonds. The van der Waals surface area contributed by atoms with Crippen LogP contribution in [0.15, 0.2) is 24.3 Å². The molecule has 0 saturated carbocycles. The lowest BCUT2D eigenvalue weighted by Crippen LogP contribution is -1.94. The maximum Gasteiger partial charge on any atom is 0.186 e. The second kappa shape index (κ2) is 9.95. The molecule has 0 radical (unpaired) electrons. The number of aliphatic hydroxyl groups is 1. The molecule has 0 atom stereocenters. The van der Waals surface area contributed by atoms with Gasteiger partial charge in [-0.15, -0.1) is 0 Å². The number of benzene rings is 1. The molecule has 0 unspecified atom stereocenters. The summed E-state index contributed by atoms with van der Waals surface area (Å²) < 4.78 is 5.00. The zero-order valence-corrected chi connectivity index (χ0v) is 11.5. The van der Waals surface area contributed by atoms with Crippen LogP contribution < -0.4 is 4.74 Å². The molecular weight excluding hydrogens is 224 g/mol. The van der Waals surface area contributed by atoms with Crippen LogP contribution in [-0.4, -0.2) is 11.9 Å². The van der Waals surface area contributed by atoms with Gasteiger partial charge in [-0.25, -0.2) is 0 Å². The van der Waals surface area contributed by atoms with Crippen molar-refractivity contribution in [3.8, 4) is 5.75 Å². The van der Waals surface area contributed by atoms with Gasteiger partial charge in [0.05, 0.1) is 0 Å². The molecule has 1 aromatic rings. The molecule has 2 heteroatoms. The highest BCUT2D eigenvalue weighted by atomic mass is 16.6. The number of rotatable bonds is 10. The van der Waals surface area contributed by atoms with Crippen LogP contribution in [0.3, 0.4) is 0 Å². The molecule has 0 heterocycles. The summed E-state index contributed by atoms with van der Waals surface area (Å²) in [5.41, 5.74) is 1.36. The standard InChI is InChI=1S/C16H26O2/c1-2-3-4-5-6-7-8-9-15-10-12-16(13-11-15)18-14-17/h10-13,17H,2-9,14H2,1H3. The molecule has 1 N–H and O–H groups in total. The van der Waals surface area contributed by atoms with Crippen molar-refractivity contribution in [1.82, 2.24) is 0 Å². The van der Waals surface area contributed by atoms with E-state index in [-0.39, 0.29) is 6.79 Å². The van der Waals surface area contributed by atoms with Gasteiger partial charge in [0, 0.05) is 0 Å². The van der Waals surface area contributed by atoms with Gasteiger partial charge in [0.25, 0.3) is 0 Å². The summed E-state index contributed by atoms with van der Waals surface area (Å²) in [7, 11) is 0. The van der Waals surface area contributed by atoms with Gasteiger partial charge in [-0.2, -0.15) is 0 Å². The third kappa shape index (κ3) is 6.65. The van der Waals surface area contributed by atoms with Gasteiger partial charge >= 0.3 is 0 Å². The Morgan fingerprint density at radius 3 is 2.11 bits per heavy atom. The molecule has 0 bridgehead atoms. The van der Waals surface area contributed by atoms with Gasteiger partial charge in [0.2, 0.25) is 0 Å². The van der Waals surface area contributed by atoms with Gasteiger partial charge in [-0.1, -0.05) is 57.6 Å². The lowest BCUT2D eigenvalue weighted by molar-refractivity contribution is 0.0985. The Labute approximate surface area is 111 Å². The molecule has 102 valence electrons. The van der Waals surface area contributed by atoms with E-state index in [1.54, 1.807) is 0 Å². The van der Waals surface area contributed by atoms with Crippen LogP contribution in [-0.2, 0) is 6.42 Å². The van der Waals surface area contributed by atoms with Crippen molar-refractivity contribution in [1.29, 1.82) is 0 Å². The minimum atomic E-state index is -0.253. The van der Waals surface area contributed by atoms with Gasteiger partial charge in [-0.05, 0) is 30.5 Å². The molecule has 0 fully saturated rings. The quantitative estimate of drug-likeness (QED) is 0.495. The Balaban J connectivity index is 2.08. The molecular formula is C16H26O2. The fourth-order valence-electron chi connectivity index (χ4n) is 2.11. The largest absolute Gasteiger partial charge is 0.468 e. The number of hydrogen-bond acceptors (Lipinski definition) is 2. The van der Waals surface area contributed by atoms with E-state index >= 15 is 0 Å². The van der Waals surface area contributed by atoms with Crippen LogP contribution in [0.1, 0.15) is 57.4 Å². The molecule has 1 aromatic carbocycles. The van der Waals surface area contributed by atoms with Crippen LogP contribution in [0.4, 0.5) is 0 Å². The third-order valence-corrected chi connectivity index (χ3v) is 3.22. The Kier molecular flexibility index (Phi) is 8.32. The summed E-state index contributed by atoms with van der Waals surface area (Å²) in [6.07, 6.45) is 10.6. The number of hydrogen-bond donors (Lipinski definition) is 1. The maximum atomic E-state index is 8.63. The summed E-state index contributed by atoms with van der Waals surface area (Å²) >= 11 is 0. The van der Waals surface area contributed by atoms with Crippen molar-refractivity contribution in [2.45, 2.75) is 58.3 Å².